The number of nitrogens with two attached hydrogens (primary N) is 1. The Bertz CT molecular complexity index is 376. The summed E-state index contributed by atoms with van der Waals surface area (Å²) >= 11 is 0. The van der Waals surface area contributed by atoms with Gasteiger partial charge in [-0.2, -0.15) is 0 Å². The second-order valence-corrected chi connectivity index (χ2v) is 4.64. The Morgan fingerprint density at radius 3 is 2.63 bits per heavy atom. The molecule has 0 saturated carbocycles. The van der Waals surface area contributed by atoms with Gasteiger partial charge in [-0.1, -0.05) is 25.5 Å². The van der Waals surface area contributed by atoms with Gasteiger partial charge in [-0.05, 0) is 37.0 Å². The van der Waals surface area contributed by atoms with E-state index in [0.717, 1.165) is 31.4 Å². The van der Waals surface area contributed by atoms with E-state index in [1.54, 1.807) is 7.11 Å². The van der Waals surface area contributed by atoms with Crippen LogP contribution in [0.3, 0.4) is 0 Å². The zero-order valence-electron chi connectivity index (χ0n) is 11.8. The molecule has 1 rings (SSSR count). The molecule has 1 amide bonds. The zero-order chi connectivity index (χ0) is 14.1. The zero-order valence-corrected chi connectivity index (χ0v) is 11.8. The lowest BCUT2D eigenvalue weighted by molar-refractivity contribution is -0.122. The van der Waals surface area contributed by atoms with Crippen LogP contribution in [-0.2, 0) is 11.2 Å². The number of carbonyl (C=O) groups excluding carboxylic acids is 1. The summed E-state index contributed by atoms with van der Waals surface area (Å²) in [6.45, 7) is 2.69. The maximum absolute atomic E-state index is 11.6. The van der Waals surface area contributed by atoms with E-state index in [1.807, 2.05) is 31.2 Å². The minimum absolute atomic E-state index is 0.0448. The minimum Gasteiger partial charge on any atom is -0.497 e. The maximum atomic E-state index is 11.6. The van der Waals surface area contributed by atoms with E-state index >= 15 is 0 Å². The van der Waals surface area contributed by atoms with Crippen molar-refractivity contribution in [3.05, 3.63) is 29.8 Å². The van der Waals surface area contributed by atoms with Crippen molar-refractivity contribution < 1.29 is 9.53 Å². The molecule has 0 aliphatic heterocycles. The third kappa shape index (κ3) is 5.75. The largest absolute Gasteiger partial charge is 0.497 e. The maximum Gasteiger partial charge on any atom is 0.236 e. The van der Waals surface area contributed by atoms with E-state index in [-0.39, 0.29) is 11.9 Å². The second kappa shape index (κ2) is 8.53. The van der Waals surface area contributed by atoms with E-state index < -0.39 is 0 Å². The summed E-state index contributed by atoms with van der Waals surface area (Å²) in [6.07, 6.45) is 3.52. The highest BCUT2D eigenvalue weighted by molar-refractivity contribution is 5.81. The van der Waals surface area contributed by atoms with E-state index in [2.05, 4.69) is 5.32 Å². The molecule has 0 saturated heterocycles. The van der Waals surface area contributed by atoms with E-state index in [1.165, 1.54) is 5.56 Å². The average Bonchev–Trinajstić information content (AvgIpc) is 2.44. The monoisotopic (exact) mass is 264 g/mol. The van der Waals surface area contributed by atoms with E-state index in [0.29, 0.717) is 6.54 Å². The molecule has 19 heavy (non-hydrogen) atoms. The predicted molar refractivity (Wildman–Crippen MR) is 77.2 cm³/mol. The van der Waals surface area contributed by atoms with Gasteiger partial charge in [0, 0.05) is 6.54 Å². The quantitative estimate of drug-likeness (QED) is 0.705. The van der Waals surface area contributed by atoms with Crippen molar-refractivity contribution in [2.45, 2.75) is 38.6 Å². The Morgan fingerprint density at radius 2 is 2.05 bits per heavy atom. The van der Waals surface area contributed by atoms with Crippen LogP contribution in [0.15, 0.2) is 24.3 Å². The van der Waals surface area contributed by atoms with Gasteiger partial charge in [-0.25, -0.2) is 0 Å². The SMILES string of the molecule is CCCC(N)C(=O)NCCCc1ccc(OC)cc1. The van der Waals surface area contributed by atoms with Gasteiger partial charge < -0.3 is 15.8 Å². The van der Waals surface area contributed by atoms with Crippen molar-refractivity contribution >= 4 is 5.91 Å². The summed E-state index contributed by atoms with van der Waals surface area (Å²) < 4.78 is 5.10. The highest BCUT2D eigenvalue weighted by Crippen LogP contribution is 2.12. The number of aryl methyl sites for hydroxylation is 1. The molecule has 106 valence electrons. The molecule has 0 radical (unpaired) electrons. The lowest BCUT2D eigenvalue weighted by atomic mass is 10.1. The minimum atomic E-state index is -0.369. The molecule has 1 atom stereocenters. The topological polar surface area (TPSA) is 64.4 Å². The normalized spacial score (nSPS) is 11.9. The fourth-order valence-electron chi connectivity index (χ4n) is 1.87. The number of hydrogen-bond donors (Lipinski definition) is 2. The lowest BCUT2D eigenvalue weighted by Crippen LogP contribution is -2.40. The van der Waals surface area contributed by atoms with Crippen LogP contribution in [0.5, 0.6) is 5.75 Å². The van der Waals surface area contributed by atoms with Gasteiger partial charge in [-0.3, -0.25) is 4.79 Å². The second-order valence-electron chi connectivity index (χ2n) is 4.64. The van der Waals surface area contributed by atoms with Crippen LogP contribution in [0.25, 0.3) is 0 Å². The molecular weight excluding hydrogens is 240 g/mol. The first-order chi connectivity index (χ1) is 9.17. The first kappa shape index (κ1) is 15.5. The number of amides is 1. The number of benzene rings is 1. The third-order valence-corrected chi connectivity index (χ3v) is 3.04. The van der Waals surface area contributed by atoms with Gasteiger partial charge in [0.2, 0.25) is 5.91 Å². The molecule has 1 aromatic rings. The number of methoxy groups -OCH3 is 1. The number of ether oxygens (including phenoxy) is 1. The summed E-state index contributed by atoms with van der Waals surface area (Å²) in [4.78, 5) is 11.6. The van der Waals surface area contributed by atoms with Crippen molar-refractivity contribution in [3.63, 3.8) is 0 Å². The first-order valence-corrected chi connectivity index (χ1v) is 6.83. The van der Waals surface area contributed by atoms with Crippen molar-refractivity contribution in [2.24, 2.45) is 5.73 Å². The molecule has 0 heterocycles. The van der Waals surface area contributed by atoms with Crippen LogP contribution in [0.2, 0.25) is 0 Å². The van der Waals surface area contributed by atoms with Crippen LogP contribution in [0, 0.1) is 0 Å². The van der Waals surface area contributed by atoms with E-state index in [9.17, 15) is 4.79 Å². The Kier molecular flexibility index (Phi) is 6.97. The first-order valence-electron chi connectivity index (χ1n) is 6.83. The van der Waals surface area contributed by atoms with Crippen molar-refractivity contribution in [1.82, 2.24) is 5.32 Å². The highest BCUT2D eigenvalue weighted by atomic mass is 16.5. The van der Waals surface area contributed by atoms with Gasteiger partial charge in [0.05, 0.1) is 13.2 Å². The standard InChI is InChI=1S/C15H24N2O2/c1-3-5-14(16)15(18)17-11-4-6-12-7-9-13(19-2)10-8-12/h7-10,14H,3-6,11,16H2,1-2H3,(H,17,18). The van der Waals surface area contributed by atoms with Crippen LogP contribution in [0.4, 0.5) is 0 Å². The number of nitrogens with one attached hydrogen (secondary N) is 1. The molecular formula is C15H24N2O2. The van der Waals surface area contributed by atoms with Crippen LogP contribution in [0.1, 0.15) is 31.7 Å². The number of hydrogen-bond acceptors (Lipinski definition) is 3. The molecule has 1 unspecified atom stereocenters. The van der Waals surface area contributed by atoms with Gasteiger partial charge in [0.1, 0.15) is 5.75 Å². The molecule has 3 N–H and O–H groups in total. The Labute approximate surface area is 115 Å². The van der Waals surface area contributed by atoms with Crippen molar-refractivity contribution in [2.75, 3.05) is 13.7 Å². The molecule has 1 aromatic carbocycles. The highest BCUT2D eigenvalue weighted by Gasteiger charge is 2.10. The van der Waals surface area contributed by atoms with E-state index in [4.69, 9.17) is 10.5 Å². The Morgan fingerprint density at radius 1 is 1.37 bits per heavy atom. The molecule has 0 aliphatic carbocycles. The fraction of sp³-hybridized carbons (Fsp3) is 0.533. The summed E-state index contributed by atoms with van der Waals surface area (Å²) in [5.74, 6) is 0.819. The number of carbonyl (C=O) groups is 1. The summed E-state index contributed by atoms with van der Waals surface area (Å²) in [6, 6.07) is 7.62. The van der Waals surface area contributed by atoms with Crippen molar-refractivity contribution in [3.8, 4) is 5.75 Å². The van der Waals surface area contributed by atoms with Gasteiger partial charge in [0.25, 0.3) is 0 Å². The van der Waals surface area contributed by atoms with Gasteiger partial charge in [0.15, 0.2) is 0 Å². The molecule has 0 bridgehead atoms. The molecule has 4 heteroatoms. The summed E-state index contributed by atoms with van der Waals surface area (Å²) in [5, 5.41) is 2.87. The summed E-state index contributed by atoms with van der Waals surface area (Å²) in [5.41, 5.74) is 6.97. The van der Waals surface area contributed by atoms with Crippen LogP contribution in [-0.4, -0.2) is 25.6 Å². The molecule has 0 aromatic heterocycles. The lowest BCUT2D eigenvalue weighted by Gasteiger charge is -2.11. The Balaban J connectivity index is 2.21. The smallest absolute Gasteiger partial charge is 0.236 e. The van der Waals surface area contributed by atoms with Gasteiger partial charge >= 0.3 is 0 Å². The Hall–Kier alpha value is -1.55. The fourth-order valence-corrected chi connectivity index (χ4v) is 1.87. The van der Waals surface area contributed by atoms with Crippen molar-refractivity contribution in [1.29, 1.82) is 0 Å². The molecule has 4 nitrogen and oxygen atoms in total. The molecule has 0 aliphatic rings. The van der Waals surface area contributed by atoms with Gasteiger partial charge in [-0.15, -0.1) is 0 Å². The predicted octanol–water partition coefficient (Wildman–Crippen LogP) is 1.87. The summed E-state index contributed by atoms with van der Waals surface area (Å²) in [7, 11) is 1.66. The average molecular weight is 264 g/mol. The van der Waals surface area contributed by atoms with Crippen LogP contribution >= 0.6 is 0 Å². The van der Waals surface area contributed by atoms with Crippen LogP contribution < -0.4 is 15.8 Å². The third-order valence-electron chi connectivity index (χ3n) is 3.04. The number of rotatable bonds is 8. The molecule has 0 fully saturated rings. The molecule has 0 spiro atoms.